The summed E-state index contributed by atoms with van der Waals surface area (Å²) in [4.78, 5) is 12.4. The van der Waals surface area contributed by atoms with Gasteiger partial charge in [0.2, 0.25) is 0 Å². The van der Waals surface area contributed by atoms with Crippen LogP contribution in [-0.2, 0) is 0 Å². The van der Waals surface area contributed by atoms with Gasteiger partial charge in [0.1, 0.15) is 15.8 Å². The van der Waals surface area contributed by atoms with E-state index in [1.165, 1.54) is 11.3 Å². The molecule has 28 heavy (non-hydrogen) atoms. The molecule has 1 N–H and O–H groups in total. The summed E-state index contributed by atoms with van der Waals surface area (Å²) in [7, 11) is 0. The third-order valence-corrected chi connectivity index (χ3v) is 5.12. The Morgan fingerprint density at radius 3 is 2.39 bits per heavy atom. The van der Waals surface area contributed by atoms with Crippen molar-refractivity contribution in [3.05, 3.63) is 74.9 Å². The van der Waals surface area contributed by atoms with E-state index in [4.69, 9.17) is 32.4 Å². The zero-order valence-electron chi connectivity index (χ0n) is 14.1. The number of nitrogens with zero attached hydrogens (tertiary/aromatic N) is 2. The summed E-state index contributed by atoms with van der Waals surface area (Å²) in [6, 6.07) is 17.6. The molecule has 0 unspecified atom stereocenters. The van der Waals surface area contributed by atoms with Gasteiger partial charge >= 0.3 is 6.01 Å². The van der Waals surface area contributed by atoms with Crippen LogP contribution in [0.25, 0.3) is 11.5 Å². The Balaban J connectivity index is 1.43. The van der Waals surface area contributed by atoms with Gasteiger partial charge in [-0.1, -0.05) is 46.5 Å². The summed E-state index contributed by atoms with van der Waals surface area (Å²) >= 11 is 13.2. The highest BCUT2D eigenvalue weighted by Crippen LogP contribution is 2.37. The number of aromatic nitrogens is 2. The number of hydrogen-bond acceptors (Lipinski definition) is 6. The zero-order chi connectivity index (χ0) is 19.5. The van der Waals surface area contributed by atoms with Gasteiger partial charge in [-0.3, -0.25) is 10.1 Å². The van der Waals surface area contributed by atoms with E-state index in [0.29, 0.717) is 31.3 Å². The molecule has 9 heteroatoms. The van der Waals surface area contributed by atoms with E-state index in [2.05, 4.69) is 15.5 Å². The molecule has 4 rings (SSSR count). The Morgan fingerprint density at radius 2 is 1.71 bits per heavy atom. The van der Waals surface area contributed by atoms with Crippen molar-refractivity contribution in [1.29, 1.82) is 0 Å². The summed E-state index contributed by atoms with van der Waals surface area (Å²) in [5.74, 6) is 1.11. The number of benzene rings is 2. The van der Waals surface area contributed by atoms with Crippen LogP contribution in [0.1, 0.15) is 10.4 Å². The number of para-hydroxylation sites is 1. The van der Waals surface area contributed by atoms with Crippen molar-refractivity contribution in [2.24, 2.45) is 0 Å². The number of carbonyl (C=O) groups excluding carboxylic acids is 1. The molecule has 0 fully saturated rings. The van der Waals surface area contributed by atoms with Crippen LogP contribution in [-0.4, -0.2) is 16.1 Å². The van der Waals surface area contributed by atoms with Crippen molar-refractivity contribution < 1.29 is 13.9 Å². The molecule has 140 valence electrons. The largest absolute Gasteiger partial charge is 0.457 e. The molecule has 0 aliphatic rings. The SMILES string of the molecule is O=C(Nc1nnc(-c2cc(Cl)sc2Cl)o1)c1ccc(Oc2ccccc2)cc1. The summed E-state index contributed by atoms with van der Waals surface area (Å²) < 4.78 is 12.1. The topological polar surface area (TPSA) is 77.3 Å². The van der Waals surface area contributed by atoms with Crippen LogP contribution in [0.3, 0.4) is 0 Å². The average Bonchev–Trinajstić information content (AvgIpc) is 3.28. The van der Waals surface area contributed by atoms with Crippen molar-refractivity contribution in [3.63, 3.8) is 0 Å². The highest BCUT2D eigenvalue weighted by molar-refractivity contribution is 7.20. The molecule has 6 nitrogen and oxygen atoms in total. The van der Waals surface area contributed by atoms with Crippen LogP contribution in [0.5, 0.6) is 11.5 Å². The first-order valence-electron chi connectivity index (χ1n) is 8.01. The Morgan fingerprint density at radius 1 is 1.00 bits per heavy atom. The lowest BCUT2D eigenvalue weighted by molar-refractivity contribution is 0.102. The fourth-order valence-electron chi connectivity index (χ4n) is 2.34. The van der Waals surface area contributed by atoms with Gasteiger partial charge in [-0.05, 0) is 42.5 Å². The fraction of sp³-hybridized carbons (Fsp3) is 0. The summed E-state index contributed by atoms with van der Waals surface area (Å²) in [5, 5.41) is 10.2. The number of carbonyl (C=O) groups is 1. The van der Waals surface area contributed by atoms with Crippen LogP contribution >= 0.6 is 34.5 Å². The van der Waals surface area contributed by atoms with Crippen molar-refractivity contribution in [1.82, 2.24) is 10.2 Å². The van der Waals surface area contributed by atoms with E-state index >= 15 is 0 Å². The van der Waals surface area contributed by atoms with Gasteiger partial charge in [0.15, 0.2) is 0 Å². The second-order valence-corrected chi connectivity index (χ2v) is 7.83. The molecule has 2 aromatic carbocycles. The predicted octanol–water partition coefficient (Wildman–Crippen LogP) is 6.15. The molecule has 0 aliphatic heterocycles. The second-order valence-electron chi connectivity index (χ2n) is 5.54. The van der Waals surface area contributed by atoms with Crippen molar-refractivity contribution >= 4 is 46.5 Å². The van der Waals surface area contributed by atoms with Crippen molar-refractivity contribution in [2.45, 2.75) is 0 Å². The van der Waals surface area contributed by atoms with Crippen LogP contribution in [0, 0.1) is 0 Å². The number of amides is 1. The number of halogens is 2. The van der Waals surface area contributed by atoms with Gasteiger partial charge in [0, 0.05) is 5.56 Å². The molecule has 0 atom stereocenters. The molecule has 0 aliphatic carbocycles. The number of thiophene rings is 1. The minimum absolute atomic E-state index is 0.0389. The lowest BCUT2D eigenvalue weighted by Gasteiger charge is -2.06. The molecule has 0 saturated heterocycles. The summed E-state index contributed by atoms with van der Waals surface area (Å²) in [6.45, 7) is 0. The van der Waals surface area contributed by atoms with E-state index in [9.17, 15) is 4.79 Å². The molecule has 1 amide bonds. The van der Waals surface area contributed by atoms with Gasteiger partial charge in [-0.15, -0.1) is 16.4 Å². The smallest absolute Gasteiger partial charge is 0.322 e. The van der Waals surface area contributed by atoms with Crippen LogP contribution in [0.4, 0.5) is 6.01 Å². The van der Waals surface area contributed by atoms with Gasteiger partial charge in [-0.2, -0.15) is 0 Å². The van der Waals surface area contributed by atoms with E-state index in [1.54, 1.807) is 30.3 Å². The lowest BCUT2D eigenvalue weighted by atomic mass is 10.2. The van der Waals surface area contributed by atoms with E-state index < -0.39 is 5.91 Å². The molecule has 0 saturated carbocycles. The minimum Gasteiger partial charge on any atom is -0.457 e. The number of ether oxygens (including phenoxy) is 1. The van der Waals surface area contributed by atoms with Crippen molar-refractivity contribution in [2.75, 3.05) is 5.32 Å². The van der Waals surface area contributed by atoms with Gasteiger partial charge < -0.3 is 9.15 Å². The van der Waals surface area contributed by atoms with Gasteiger partial charge in [-0.25, -0.2) is 0 Å². The number of anilines is 1. The Bertz CT molecular complexity index is 1110. The van der Waals surface area contributed by atoms with E-state index in [0.717, 1.165) is 0 Å². The monoisotopic (exact) mass is 431 g/mol. The summed E-state index contributed by atoms with van der Waals surface area (Å²) in [6.07, 6.45) is 0. The maximum atomic E-state index is 12.4. The fourth-order valence-corrected chi connectivity index (χ4v) is 3.78. The van der Waals surface area contributed by atoms with E-state index in [1.807, 2.05) is 30.3 Å². The lowest BCUT2D eigenvalue weighted by Crippen LogP contribution is -2.11. The van der Waals surface area contributed by atoms with Crippen molar-refractivity contribution in [3.8, 4) is 23.0 Å². The third kappa shape index (κ3) is 4.17. The first-order chi connectivity index (χ1) is 13.6. The molecule has 4 aromatic rings. The summed E-state index contributed by atoms with van der Waals surface area (Å²) in [5.41, 5.74) is 0.934. The normalized spacial score (nSPS) is 10.6. The maximum absolute atomic E-state index is 12.4. The highest BCUT2D eigenvalue weighted by atomic mass is 35.5. The molecule has 0 radical (unpaired) electrons. The first-order valence-corrected chi connectivity index (χ1v) is 9.59. The molecule has 0 spiro atoms. The van der Waals surface area contributed by atoms with E-state index in [-0.39, 0.29) is 11.9 Å². The van der Waals surface area contributed by atoms with Crippen LogP contribution in [0.2, 0.25) is 8.67 Å². The quantitative estimate of drug-likeness (QED) is 0.409. The third-order valence-electron chi connectivity index (χ3n) is 3.63. The second kappa shape index (κ2) is 8.02. The predicted molar refractivity (Wildman–Crippen MR) is 109 cm³/mol. The average molecular weight is 432 g/mol. The molecular formula is C19H11Cl2N3O3S. The van der Waals surface area contributed by atoms with Gasteiger partial charge in [0.05, 0.1) is 9.90 Å². The number of nitrogens with one attached hydrogen (secondary N) is 1. The first kappa shape index (κ1) is 18.5. The Labute approximate surface area is 173 Å². The molecule has 0 bridgehead atoms. The molecule has 2 heterocycles. The van der Waals surface area contributed by atoms with Crippen LogP contribution < -0.4 is 10.1 Å². The highest BCUT2D eigenvalue weighted by Gasteiger charge is 2.17. The standard InChI is InChI=1S/C19H11Cl2N3O3S/c20-15-10-14(16(21)28-15)18-23-24-19(27-18)22-17(25)11-6-8-13(9-7-11)26-12-4-2-1-3-5-12/h1-10H,(H,22,24,25). The molecule has 2 aromatic heterocycles. The Hall–Kier alpha value is -2.87. The zero-order valence-corrected chi connectivity index (χ0v) is 16.4. The maximum Gasteiger partial charge on any atom is 0.322 e. The van der Waals surface area contributed by atoms with Crippen LogP contribution in [0.15, 0.2) is 65.1 Å². The number of hydrogen-bond donors (Lipinski definition) is 1. The number of rotatable bonds is 5. The molecular weight excluding hydrogens is 421 g/mol. The van der Waals surface area contributed by atoms with Gasteiger partial charge in [0.25, 0.3) is 11.8 Å². The Kier molecular flexibility index (Phi) is 5.29. The minimum atomic E-state index is -0.393.